The summed E-state index contributed by atoms with van der Waals surface area (Å²) in [7, 11) is 0. The van der Waals surface area contributed by atoms with Crippen molar-refractivity contribution >= 4 is 44.0 Å². The highest BCUT2D eigenvalue weighted by atomic mass is 32.2. The third-order valence-electron chi connectivity index (χ3n) is 3.61. The Morgan fingerprint density at radius 1 is 1.35 bits per heavy atom. The molecule has 0 radical (unpaired) electrons. The van der Waals surface area contributed by atoms with Crippen LogP contribution in [0.2, 0.25) is 0 Å². The first-order valence-electron chi connectivity index (χ1n) is 6.63. The Morgan fingerprint density at radius 3 is 3.10 bits per heavy atom. The van der Waals surface area contributed by atoms with E-state index in [-0.39, 0.29) is 0 Å². The molecule has 0 N–H and O–H groups in total. The Bertz CT molecular complexity index is 783. The Balaban J connectivity index is 1.88. The summed E-state index contributed by atoms with van der Waals surface area (Å²) >= 11 is 3.59. The van der Waals surface area contributed by atoms with E-state index in [2.05, 4.69) is 47.7 Å². The van der Waals surface area contributed by atoms with Crippen molar-refractivity contribution in [1.82, 2.24) is 4.90 Å². The molecule has 1 aromatic carbocycles. The van der Waals surface area contributed by atoms with Gasteiger partial charge in [0.2, 0.25) is 0 Å². The normalized spacial score (nSPS) is 17.9. The second-order valence-corrected chi connectivity index (χ2v) is 7.24. The molecule has 100 valence electrons. The predicted molar refractivity (Wildman–Crippen MR) is 90.3 cm³/mol. The second-order valence-electron chi connectivity index (χ2n) is 4.94. The SMILES string of the molecule is C=CC1=C(c2ccc3cc(C)sc3c2)N2CCN=C2S1. The van der Waals surface area contributed by atoms with Crippen molar-refractivity contribution < 1.29 is 0 Å². The van der Waals surface area contributed by atoms with E-state index in [1.807, 2.05) is 17.4 Å². The number of hydrogen-bond donors (Lipinski definition) is 0. The van der Waals surface area contributed by atoms with Gasteiger partial charge in [0.15, 0.2) is 5.17 Å². The molecule has 0 bridgehead atoms. The van der Waals surface area contributed by atoms with E-state index >= 15 is 0 Å². The van der Waals surface area contributed by atoms with Gasteiger partial charge in [-0.25, -0.2) is 0 Å². The fourth-order valence-electron chi connectivity index (χ4n) is 2.75. The van der Waals surface area contributed by atoms with Crippen LogP contribution in [0.5, 0.6) is 0 Å². The maximum absolute atomic E-state index is 4.56. The molecule has 20 heavy (non-hydrogen) atoms. The lowest BCUT2D eigenvalue weighted by Crippen LogP contribution is -2.19. The van der Waals surface area contributed by atoms with Gasteiger partial charge in [-0.15, -0.1) is 11.3 Å². The van der Waals surface area contributed by atoms with Crippen LogP contribution in [0.4, 0.5) is 0 Å². The number of hydrogen-bond acceptors (Lipinski definition) is 4. The first kappa shape index (κ1) is 12.2. The summed E-state index contributed by atoms with van der Waals surface area (Å²) in [5, 5.41) is 2.45. The first-order valence-corrected chi connectivity index (χ1v) is 8.27. The topological polar surface area (TPSA) is 15.6 Å². The van der Waals surface area contributed by atoms with Crippen molar-refractivity contribution in [2.45, 2.75) is 6.92 Å². The van der Waals surface area contributed by atoms with Crippen molar-refractivity contribution in [3.8, 4) is 0 Å². The highest BCUT2D eigenvalue weighted by Gasteiger charge is 2.31. The van der Waals surface area contributed by atoms with Crippen LogP contribution in [0.15, 0.2) is 46.8 Å². The monoisotopic (exact) mass is 298 g/mol. The number of amidine groups is 1. The number of rotatable bonds is 2. The highest BCUT2D eigenvalue weighted by Crippen LogP contribution is 2.43. The molecule has 0 spiro atoms. The Morgan fingerprint density at radius 2 is 2.25 bits per heavy atom. The van der Waals surface area contributed by atoms with Crippen LogP contribution in [0, 0.1) is 6.92 Å². The lowest BCUT2D eigenvalue weighted by molar-refractivity contribution is 0.648. The van der Waals surface area contributed by atoms with Crippen LogP contribution in [0.25, 0.3) is 15.8 Å². The molecule has 4 heteroatoms. The summed E-state index contributed by atoms with van der Waals surface area (Å²) in [6, 6.07) is 8.99. The summed E-state index contributed by atoms with van der Waals surface area (Å²) in [6.45, 7) is 8.00. The molecule has 0 fully saturated rings. The molecule has 0 saturated carbocycles. The van der Waals surface area contributed by atoms with Crippen LogP contribution in [0.1, 0.15) is 10.4 Å². The van der Waals surface area contributed by atoms with Gasteiger partial charge in [0, 0.05) is 26.6 Å². The molecule has 4 rings (SSSR count). The van der Waals surface area contributed by atoms with Crippen molar-refractivity contribution in [2.75, 3.05) is 13.1 Å². The highest BCUT2D eigenvalue weighted by molar-refractivity contribution is 8.17. The molecule has 2 nitrogen and oxygen atoms in total. The summed E-state index contributed by atoms with van der Waals surface area (Å²) in [6.07, 6.45) is 1.95. The minimum Gasteiger partial charge on any atom is -0.317 e. The Kier molecular flexibility index (Phi) is 2.75. The number of nitrogens with zero attached hydrogens (tertiary/aromatic N) is 2. The quantitative estimate of drug-likeness (QED) is 0.812. The molecule has 0 atom stereocenters. The third-order valence-corrected chi connectivity index (χ3v) is 5.73. The fourth-order valence-corrected chi connectivity index (χ4v) is 4.77. The number of fused-ring (bicyclic) bond motifs is 2. The van der Waals surface area contributed by atoms with E-state index in [1.165, 1.54) is 31.1 Å². The summed E-state index contributed by atoms with van der Waals surface area (Å²) < 4.78 is 1.35. The predicted octanol–water partition coefficient (Wildman–Crippen LogP) is 4.48. The molecule has 2 aromatic rings. The standard InChI is InChI=1S/C16H14N2S2/c1-3-13-15(18-7-6-17-16(18)20-13)12-5-4-11-8-10(2)19-14(11)9-12/h3-5,8-9H,1,6-7H2,2H3. The van der Waals surface area contributed by atoms with E-state index < -0.39 is 0 Å². The number of allylic oxidation sites excluding steroid dienone is 1. The number of aliphatic imine (C=N–C) groups is 1. The molecule has 0 unspecified atom stereocenters. The van der Waals surface area contributed by atoms with Crippen LogP contribution in [0.3, 0.4) is 0 Å². The smallest absolute Gasteiger partial charge is 0.168 e. The average Bonchev–Trinajstić information content (AvgIpc) is 3.08. The zero-order valence-electron chi connectivity index (χ0n) is 11.2. The van der Waals surface area contributed by atoms with Gasteiger partial charge in [0.25, 0.3) is 0 Å². The molecule has 0 amide bonds. The van der Waals surface area contributed by atoms with Gasteiger partial charge >= 0.3 is 0 Å². The molecule has 0 saturated heterocycles. The maximum Gasteiger partial charge on any atom is 0.168 e. The zero-order chi connectivity index (χ0) is 13.7. The van der Waals surface area contributed by atoms with Gasteiger partial charge in [-0.3, -0.25) is 4.99 Å². The number of thioether (sulfide) groups is 1. The third kappa shape index (κ3) is 1.75. The summed E-state index contributed by atoms with van der Waals surface area (Å²) in [4.78, 5) is 9.46. The van der Waals surface area contributed by atoms with Gasteiger partial charge in [-0.1, -0.05) is 24.8 Å². The van der Waals surface area contributed by atoms with E-state index in [0.717, 1.165) is 18.3 Å². The average molecular weight is 298 g/mol. The minimum absolute atomic E-state index is 0.899. The van der Waals surface area contributed by atoms with Crippen molar-refractivity contribution in [3.63, 3.8) is 0 Å². The zero-order valence-corrected chi connectivity index (χ0v) is 12.9. The van der Waals surface area contributed by atoms with Gasteiger partial charge in [-0.05, 0) is 36.2 Å². The lowest BCUT2D eigenvalue weighted by atomic mass is 10.1. The van der Waals surface area contributed by atoms with Crippen LogP contribution < -0.4 is 0 Å². The van der Waals surface area contributed by atoms with E-state index in [4.69, 9.17) is 0 Å². The molecule has 1 aromatic heterocycles. The first-order chi connectivity index (χ1) is 9.76. The minimum atomic E-state index is 0.899. The van der Waals surface area contributed by atoms with Gasteiger partial charge in [-0.2, -0.15) is 0 Å². The largest absolute Gasteiger partial charge is 0.317 e. The number of thiophene rings is 1. The number of benzene rings is 1. The summed E-state index contributed by atoms with van der Waals surface area (Å²) in [5.41, 5.74) is 2.54. The fraction of sp³-hybridized carbons (Fsp3) is 0.188. The van der Waals surface area contributed by atoms with E-state index in [0.29, 0.717) is 0 Å². The second kappa shape index (κ2) is 4.50. The molecule has 2 aliphatic heterocycles. The van der Waals surface area contributed by atoms with Gasteiger partial charge in [0.05, 0.1) is 12.2 Å². The number of aryl methyl sites for hydroxylation is 1. The van der Waals surface area contributed by atoms with E-state index in [1.54, 1.807) is 11.8 Å². The van der Waals surface area contributed by atoms with Gasteiger partial charge in [0.1, 0.15) is 0 Å². The van der Waals surface area contributed by atoms with Crippen LogP contribution >= 0.6 is 23.1 Å². The molecular weight excluding hydrogens is 284 g/mol. The van der Waals surface area contributed by atoms with Crippen molar-refractivity contribution in [3.05, 3.63) is 52.3 Å². The summed E-state index contributed by atoms with van der Waals surface area (Å²) in [5.74, 6) is 0. The van der Waals surface area contributed by atoms with Crippen molar-refractivity contribution in [1.29, 1.82) is 0 Å². The lowest BCUT2D eigenvalue weighted by Gasteiger charge is -2.17. The molecular formula is C16H14N2S2. The van der Waals surface area contributed by atoms with Crippen molar-refractivity contribution in [2.24, 2.45) is 4.99 Å². The molecule has 2 aliphatic rings. The Hall–Kier alpha value is -1.52. The van der Waals surface area contributed by atoms with Crippen LogP contribution in [-0.4, -0.2) is 23.2 Å². The molecule has 3 heterocycles. The maximum atomic E-state index is 4.56. The molecule has 0 aliphatic carbocycles. The van der Waals surface area contributed by atoms with Crippen LogP contribution in [-0.2, 0) is 0 Å². The van der Waals surface area contributed by atoms with Gasteiger partial charge < -0.3 is 4.90 Å². The Labute approximate surface area is 126 Å². The van der Waals surface area contributed by atoms with E-state index in [9.17, 15) is 0 Å².